The minimum Gasteiger partial charge on any atom is -0.329 e. The van der Waals surface area contributed by atoms with Gasteiger partial charge in [-0.15, -0.1) is 0 Å². The molecule has 0 aromatic heterocycles. The molecule has 1 rings (SSSR count). The molecule has 0 bridgehead atoms. The molecule has 0 saturated carbocycles. The smallest absolute Gasteiger partial charge is 0.0640 e. The van der Waals surface area contributed by atoms with Crippen molar-refractivity contribution in [2.75, 3.05) is 40.8 Å². The number of hydrogen-bond donors (Lipinski definition) is 1. The zero-order valence-electron chi connectivity index (χ0n) is 11.2. The summed E-state index contributed by atoms with van der Waals surface area (Å²) in [5.74, 6) is 0. The molecule has 2 N–H and O–H groups in total. The standard InChI is InChI=1S/C13H21Cl2N3/c1-17(2)7-8-18(3)12(9-16)10-5-4-6-11(14)13(10)15/h4-6,12H,7-9,16H2,1-3H3. The highest BCUT2D eigenvalue weighted by molar-refractivity contribution is 6.42. The van der Waals surface area contributed by atoms with Crippen LogP contribution in [-0.2, 0) is 0 Å². The number of rotatable bonds is 6. The van der Waals surface area contributed by atoms with Crippen LogP contribution in [0.5, 0.6) is 0 Å². The van der Waals surface area contributed by atoms with E-state index in [1.54, 1.807) is 6.07 Å². The van der Waals surface area contributed by atoms with Gasteiger partial charge in [0.2, 0.25) is 0 Å². The predicted octanol–water partition coefficient (Wildman–Crippen LogP) is 2.49. The van der Waals surface area contributed by atoms with Crippen molar-refractivity contribution in [1.82, 2.24) is 9.80 Å². The number of nitrogens with two attached hydrogens (primary N) is 1. The summed E-state index contributed by atoms with van der Waals surface area (Å²) < 4.78 is 0. The van der Waals surface area contributed by atoms with E-state index >= 15 is 0 Å². The van der Waals surface area contributed by atoms with Crippen LogP contribution in [0.1, 0.15) is 11.6 Å². The molecular weight excluding hydrogens is 269 g/mol. The summed E-state index contributed by atoms with van der Waals surface area (Å²) in [5, 5.41) is 1.18. The maximum Gasteiger partial charge on any atom is 0.0640 e. The lowest BCUT2D eigenvalue weighted by Crippen LogP contribution is -2.35. The largest absolute Gasteiger partial charge is 0.329 e. The highest BCUT2D eigenvalue weighted by atomic mass is 35.5. The van der Waals surface area contributed by atoms with E-state index in [0.29, 0.717) is 16.6 Å². The first kappa shape index (κ1) is 15.7. The summed E-state index contributed by atoms with van der Waals surface area (Å²) >= 11 is 12.3. The van der Waals surface area contributed by atoms with E-state index < -0.39 is 0 Å². The monoisotopic (exact) mass is 289 g/mol. The van der Waals surface area contributed by atoms with Gasteiger partial charge in [0.25, 0.3) is 0 Å². The van der Waals surface area contributed by atoms with Gasteiger partial charge in [-0.1, -0.05) is 35.3 Å². The molecule has 0 aliphatic rings. The van der Waals surface area contributed by atoms with Gasteiger partial charge in [-0.3, -0.25) is 4.90 Å². The third-order valence-electron chi connectivity index (χ3n) is 3.00. The molecule has 0 saturated heterocycles. The van der Waals surface area contributed by atoms with Crippen LogP contribution in [0.2, 0.25) is 10.0 Å². The van der Waals surface area contributed by atoms with E-state index in [0.717, 1.165) is 18.7 Å². The Kier molecular flexibility index (Phi) is 6.39. The Morgan fingerprint density at radius 3 is 2.39 bits per heavy atom. The van der Waals surface area contributed by atoms with Crippen LogP contribution < -0.4 is 5.73 Å². The number of benzene rings is 1. The van der Waals surface area contributed by atoms with Gasteiger partial charge < -0.3 is 10.6 Å². The maximum atomic E-state index is 6.25. The fourth-order valence-corrected chi connectivity index (χ4v) is 2.27. The van der Waals surface area contributed by atoms with Crippen molar-refractivity contribution in [1.29, 1.82) is 0 Å². The Balaban J connectivity index is 2.85. The van der Waals surface area contributed by atoms with Gasteiger partial charge in [0.05, 0.1) is 10.0 Å². The van der Waals surface area contributed by atoms with E-state index in [2.05, 4.69) is 30.9 Å². The fourth-order valence-electron chi connectivity index (χ4n) is 1.84. The van der Waals surface area contributed by atoms with Crippen LogP contribution in [0.15, 0.2) is 18.2 Å². The SMILES string of the molecule is CN(C)CCN(C)C(CN)c1cccc(Cl)c1Cl. The topological polar surface area (TPSA) is 32.5 Å². The predicted molar refractivity (Wildman–Crippen MR) is 79.4 cm³/mol. The minimum absolute atomic E-state index is 0.0937. The molecule has 1 atom stereocenters. The van der Waals surface area contributed by atoms with E-state index in [4.69, 9.17) is 28.9 Å². The van der Waals surface area contributed by atoms with E-state index in [-0.39, 0.29) is 6.04 Å². The van der Waals surface area contributed by atoms with Crippen molar-refractivity contribution < 1.29 is 0 Å². The van der Waals surface area contributed by atoms with E-state index in [1.807, 2.05) is 12.1 Å². The third kappa shape index (κ3) is 4.11. The zero-order chi connectivity index (χ0) is 13.7. The van der Waals surface area contributed by atoms with Crippen molar-refractivity contribution >= 4 is 23.2 Å². The second-order valence-electron chi connectivity index (χ2n) is 4.68. The molecule has 102 valence electrons. The first-order valence-corrected chi connectivity index (χ1v) is 6.72. The molecule has 1 aromatic rings. The lowest BCUT2D eigenvalue weighted by atomic mass is 10.1. The number of hydrogen-bond acceptors (Lipinski definition) is 3. The van der Waals surface area contributed by atoms with Crippen LogP contribution in [0, 0.1) is 0 Å². The Morgan fingerprint density at radius 1 is 1.17 bits per heavy atom. The van der Waals surface area contributed by atoms with Crippen molar-refractivity contribution in [3.63, 3.8) is 0 Å². The molecule has 0 heterocycles. The van der Waals surface area contributed by atoms with Gasteiger partial charge in [0.15, 0.2) is 0 Å². The van der Waals surface area contributed by atoms with Gasteiger partial charge in [-0.05, 0) is 32.8 Å². The molecule has 0 spiro atoms. The highest BCUT2D eigenvalue weighted by Gasteiger charge is 2.19. The van der Waals surface area contributed by atoms with E-state index in [9.17, 15) is 0 Å². The molecule has 5 heteroatoms. The molecule has 0 aliphatic carbocycles. The van der Waals surface area contributed by atoms with Crippen LogP contribution in [0.25, 0.3) is 0 Å². The second-order valence-corrected chi connectivity index (χ2v) is 5.46. The number of nitrogens with zero attached hydrogens (tertiary/aromatic N) is 2. The zero-order valence-corrected chi connectivity index (χ0v) is 12.7. The molecule has 0 aliphatic heterocycles. The van der Waals surface area contributed by atoms with Gasteiger partial charge >= 0.3 is 0 Å². The van der Waals surface area contributed by atoms with Gasteiger partial charge in [0.1, 0.15) is 0 Å². The van der Waals surface area contributed by atoms with Crippen LogP contribution in [-0.4, -0.2) is 50.6 Å². The fraction of sp³-hybridized carbons (Fsp3) is 0.538. The molecule has 18 heavy (non-hydrogen) atoms. The Bertz CT molecular complexity index is 382. The van der Waals surface area contributed by atoms with Crippen molar-refractivity contribution in [2.24, 2.45) is 5.73 Å². The maximum absolute atomic E-state index is 6.25. The summed E-state index contributed by atoms with van der Waals surface area (Å²) in [5.41, 5.74) is 6.87. The molecular formula is C13H21Cl2N3. The highest BCUT2D eigenvalue weighted by Crippen LogP contribution is 2.31. The van der Waals surface area contributed by atoms with Crippen molar-refractivity contribution in [2.45, 2.75) is 6.04 Å². The van der Waals surface area contributed by atoms with Crippen molar-refractivity contribution in [3.05, 3.63) is 33.8 Å². The minimum atomic E-state index is 0.0937. The Labute approximate surface area is 119 Å². The normalized spacial score (nSPS) is 13.3. The van der Waals surface area contributed by atoms with Crippen LogP contribution in [0.4, 0.5) is 0 Å². The lowest BCUT2D eigenvalue weighted by Gasteiger charge is -2.29. The first-order valence-electron chi connectivity index (χ1n) is 5.96. The van der Waals surface area contributed by atoms with Crippen LogP contribution >= 0.6 is 23.2 Å². The quantitative estimate of drug-likeness (QED) is 0.873. The second kappa shape index (κ2) is 7.31. The molecule has 1 aromatic carbocycles. The lowest BCUT2D eigenvalue weighted by molar-refractivity contribution is 0.223. The Morgan fingerprint density at radius 2 is 1.83 bits per heavy atom. The summed E-state index contributed by atoms with van der Waals surface area (Å²) in [6.07, 6.45) is 0. The van der Waals surface area contributed by atoms with Gasteiger partial charge in [0, 0.05) is 25.7 Å². The van der Waals surface area contributed by atoms with Crippen LogP contribution in [0.3, 0.4) is 0 Å². The van der Waals surface area contributed by atoms with Crippen molar-refractivity contribution in [3.8, 4) is 0 Å². The average Bonchev–Trinajstić information content (AvgIpc) is 2.32. The Hall–Kier alpha value is -0.320. The summed E-state index contributed by atoms with van der Waals surface area (Å²) in [4.78, 5) is 4.35. The summed E-state index contributed by atoms with van der Waals surface area (Å²) in [7, 11) is 6.16. The molecule has 3 nitrogen and oxygen atoms in total. The van der Waals surface area contributed by atoms with E-state index in [1.165, 1.54) is 0 Å². The molecule has 0 amide bonds. The van der Waals surface area contributed by atoms with Gasteiger partial charge in [-0.25, -0.2) is 0 Å². The summed E-state index contributed by atoms with van der Waals surface area (Å²) in [6, 6.07) is 5.78. The third-order valence-corrected chi connectivity index (χ3v) is 3.83. The first-order chi connectivity index (χ1) is 8.47. The number of likely N-dealkylation sites (N-methyl/N-ethyl adjacent to an activating group) is 2. The van der Waals surface area contributed by atoms with Gasteiger partial charge in [-0.2, -0.15) is 0 Å². The number of halogens is 2. The molecule has 0 radical (unpaired) electrons. The average molecular weight is 290 g/mol. The molecule has 0 fully saturated rings. The summed E-state index contributed by atoms with van der Waals surface area (Å²) in [6.45, 7) is 2.42. The molecule has 1 unspecified atom stereocenters.